The van der Waals surface area contributed by atoms with Crippen molar-refractivity contribution in [2.75, 3.05) is 0 Å². The Balaban J connectivity index is 1.65. The van der Waals surface area contributed by atoms with E-state index in [0.717, 1.165) is 21.1 Å². The summed E-state index contributed by atoms with van der Waals surface area (Å²) in [6.45, 7) is 0.583. The predicted molar refractivity (Wildman–Crippen MR) is 95.8 cm³/mol. The fourth-order valence-electron chi connectivity index (χ4n) is 1.99. The minimum Gasteiger partial charge on any atom is -0.347 e. The molecule has 0 aliphatic rings. The Morgan fingerprint density at radius 3 is 2.77 bits per heavy atom. The van der Waals surface area contributed by atoms with Gasteiger partial charge in [-0.15, -0.1) is 23.1 Å². The van der Waals surface area contributed by atoms with Crippen LogP contribution in [0.4, 0.5) is 0 Å². The van der Waals surface area contributed by atoms with Gasteiger partial charge in [-0.25, -0.2) is 0 Å². The number of hydrogen-bond donors (Lipinski definition) is 1. The molecule has 0 atom stereocenters. The first-order valence-electron chi connectivity index (χ1n) is 6.86. The van der Waals surface area contributed by atoms with Crippen LogP contribution >= 0.6 is 34.4 Å². The summed E-state index contributed by atoms with van der Waals surface area (Å²) in [5, 5.41) is 9.24. The van der Waals surface area contributed by atoms with Crippen molar-refractivity contribution >= 4 is 40.3 Å². The maximum Gasteiger partial charge on any atom is 0.252 e. The van der Waals surface area contributed by atoms with E-state index in [0.29, 0.717) is 6.54 Å². The molecule has 3 rings (SSSR count). The molecule has 1 amide bonds. The standard InChI is InChI=1S/C17H15NOS3/c19-17(18-10-14-4-3-8-21-14)15-5-1-2-6-16(15)22-12-13-7-9-20-11-13/h1-9,11H,10,12H2,(H,18,19). The van der Waals surface area contributed by atoms with Crippen molar-refractivity contribution in [1.82, 2.24) is 5.32 Å². The molecule has 0 unspecified atom stereocenters. The molecule has 0 fully saturated rings. The van der Waals surface area contributed by atoms with Gasteiger partial charge in [0.15, 0.2) is 0 Å². The predicted octanol–water partition coefficient (Wildman–Crippen LogP) is 5.03. The van der Waals surface area contributed by atoms with Gasteiger partial charge in [-0.2, -0.15) is 11.3 Å². The zero-order chi connectivity index (χ0) is 15.2. The molecule has 0 radical (unpaired) electrons. The monoisotopic (exact) mass is 345 g/mol. The van der Waals surface area contributed by atoms with Crippen LogP contribution in [0.25, 0.3) is 0 Å². The van der Waals surface area contributed by atoms with Gasteiger partial charge in [0.1, 0.15) is 0 Å². The van der Waals surface area contributed by atoms with Crippen molar-refractivity contribution in [2.24, 2.45) is 0 Å². The second-order valence-electron chi connectivity index (χ2n) is 4.68. The van der Waals surface area contributed by atoms with Gasteiger partial charge in [0.2, 0.25) is 0 Å². The van der Waals surface area contributed by atoms with E-state index in [1.807, 2.05) is 41.8 Å². The molecule has 0 aliphatic carbocycles. The van der Waals surface area contributed by atoms with E-state index in [1.54, 1.807) is 34.4 Å². The molecular weight excluding hydrogens is 330 g/mol. The molecule has 0 saturated carbocycles. The second-order valence-corrected chi connectivity index (χ2v) is 7.51. The summed E-state index contributed by atoms with van der Waals surface area (Å²) in [5.41, 5.74) is 2.04. The summed E-state index contributed by atoms with van der Waals surface area (Å²) in [4.78, 5) is 14.6. The Hall–Kier alpha value is -1.56. The number of amides is 1. The normalized spacial score (nSPS) is 10.5. The highest BCUT2D eigenvalue weighted by atomic mass is 32.2. The number of benzene rings is 1. The van der Waals surface area contributed by atoms with Gasteiger partial charge >= 0.3 is 0 Å². The van der Waals surface area contributed by atoms with Crippen LogP contribution < -0.4 is 5.32 Å². The van der Waals surface area contributed by atoms with E-state index in [-0.39, 0.29) is 5.91 Å². The topological polar surface area (TPSA) is 29.1 Å². The molecule has 1 aromatic carbocycles. The number of carbonyl (C=O) groups is 1. The molecule has 2 nitrogen and oxygen atoms in total. The summed E-state index contributed by atoms with van der Waals surface area (Å²) >= 11 is 5.06. The largest absolute Gasteiger partial charge is 0.347 e. The SMILES string of the molecule is O=C(NCc1cccs1)c1ccccc1SCc1ccsc1. The number of rotatable bonds is 6. The lowest BCUT2D eigenvalue weighted by molar-refractivity contribution is 0.0948. The van der Waals surface area contributed by atoms with E-state index in [4.69, 9.17) is 0 Å². The van der Waals surface area contributed by atoms with Crippen LogP contribution in [0.15, 0.2) is 63.5 Å². The van der Waals surface area contributed by atoms with Crippen LogP contribution in [0.5, 0.6) is 0 Å². The lowest BCUT2D eigenvalue weighted by atomic mass is 10.2. The van der Waals surface area contributed by atoms with Crippen molar-refractivity contribution in [3.63, 3.8) is 0 Å². The van der Waals surface area contributed by atoms with Crippen molar-refractivity contribution in [3.8, 4) is 0 Å². The van der Waals surface area contributed by atoms with Gasteiger partial charge in [0.05, 0.1) is 12.1 Å². The van der Waals surface area contributed by atoms with Crippen molar-refractivity contribution in [2.45, 2.75) is 17.2 Å². The summed E-state index contributed by atoms with van der Waals surface area (Å²) in [6, 6.07) is 13.9. The molecule has 0 bridgehead atoms. The van der Waals surface area contributed by atoms with Crippen LogP contribution in [0, 0.1) is 0 Å². The molecule has 5 heteroatoms. The molecule has 3 aromatic rings. The Morgan fingerprint density at radius 1 is 1.09 bits per heavy atom. The first-order chi connectivity index (χ1) is 10.8. The van der Waals surface area contributed by atoms with Crippen LogP contribution in [-0.4, -0.2) is 5.91 Å². The van der Waals surface area contributed by atoms with Gasteiger partial charge in [-0.3, -0.25) is 4.79 Å². The van der Waals surface area contributed by atoms with Gasteiger partial charge in [-0.05, 0) is 46.0 Å². The summed E-state index contributed by atoms with van der Waals surface area (Å²) in [7, 11) is 0. The van der Waals surface area contributed by atoms with Gasteiger partial charge < -0.3 is 5.32 Å². The molecule has 112 valence electrons. The first kappa shape index (κ1) is 15.3. The molecule has 2 aromatic heterocycles. The third kappa shape index (κ3) is 4.00. The lowest BCUT2D eigenvalue weighted by Crippen LogP contribution is -2.22. The number of nitrogens with one attached hydrogen (secondary N) is 1. The fraction of sp³-hybridized carbons (Fsp3) is 0.118. The Kier molecular flexibility index (Phi) is 5.32. The van der Waals surface area contributed by atoms with Crippen LogP contribution in [0.3, 0.4) is 0 Å². The third-order valence-electron chi connectivity index (χ3n) is 3.11. The first-order valence-corrected chi connectivity index (χ1v) is 9.67. The molecule has 0 saturated heterocycles. The van der Waals surface area contributed by atoms with Gasteiger partial charge in [0, 0.05) is 15.5 Å². The van der Waals surface area contributed by atoms with Crippen molar-refractivity contribution in [1.29, 1.82) is 0 Å². The number of carbonyl (C=O) groups excluding carboxylic acids is 1. The Bertz CT molecular complexity index is 720. The lowest BCUT2D eigenvalue weighted by Gasteiger charge is -2.09. The van der Waals surface area contributed by atoms with Crippen LogP contribution in [0.2, 0.25) is 0 Å². The van der Waals surface area contributed by atoms with Gasteiger partial charge in [-0.1, -0.05) is 18.2 Å². The van der Waals surface area contributed by atoms with E-state index in [2.05, 4.69) is 22.1 Å². The molecule has 1 N–H and O–H groups in total. The molecule has 2 heterocycles. The second kappa shape index (κ2) is 7.63. The zero-order valence-corrected chi connectivity index (χ0v) is 14.3. The highest BCUT2D eigenvalue weighted by molar-refractivity contribution is 7.98. The number of thiophene rings is 2. The van der Waals surface area contributed by atoms with E-state index in [1.165, 1.54) is 5.56 Å². The van der Waals surface area contributed by atoms with Crippen LogP contribution in [-0.2, 0) is 12.3 Å². The fourth-order valence-corrected chi connectivity index (χ4v) is 4.40. The molecule has 0 aliphatic heterocycles. The summed E-state index contributed by atoms with van der Waals surface area (Å²) in [5.74, 6) is 0.875. The average molecular weight is 346 g/mol. The maximum absolute atomic E-state index is 12.4. The summed E-state index contributed by atoms with van der Waals surface area (Å²) < 4.78 is 0. The molecule has 0 spiro atoms. The van der Waals surface area contributed by atoms with Crippen molar-refractivity contribution < 1.29 is 4.79 Å². The van der Waals surface area contributed by atoms with E-state index >= 15 is 0 Å². The minimum atomic E-state index is -0.0122. The zero-order valence-electron chi connectivity index (χ0n) is 11.8. The number of hydrogen-bond acceptors (Lipinski definition) is 4. The smallest absolute Gasteiger partial charge is 0.252 e. The average Bonchev–Trinajstić information content (AvgIpc) is 3.24. The molecule has 22 heavy (non-hydrogen) atoms. The number of thioether (sulfide) groups is 1. The Morgan fingerprint density at radius 2 is 2.00 bits per heavy atom. The quantitative estimate of drug-likeness (QED) is 0.635. The van der Waals surface area contributed by atoms with Crippen LogP contribution in [0.1, 0.15) is 20.8 Å². The third-order valence-corrected chi connectivity index (χ3v) is 5.86. The minimum absolute atomic E-state index is 0.0122. The van der Waals surface area contributed by atoms with E-state index in [9.17, 15) is 4.79 Å². The Labute approximate surface area is 142 Å². The van der Waals surface area contributed by atoms with Crippen molar-refractivity contribution in [3.05, 3.63) is 74.6 Å². The van der Waals surface area contributed by atoms with Gasteiger partial charge in [0.25, 0.3) is 5.91 Å². The maximum atomic E-state index is 12.4. The van der Waals surface area contributed by atoms with E-state index < -0.39 is 0 Å². The molecular formula is C17H15NOS3. The summed E-state index contributed by atoms with van der Waals surface area (Å²) in [6.07, 6.45) is 0. The highest BCUT2D eigenvalue weighted by Gasteiger charge is 2.11. The highest BCUT2D eigenvalue weighted by Crippen LogP contribution is 2.27.